The Hall–Kier alpha value is -2.90. The number of likely N-dealkylation sites (tertiary alicyclic amines) is 1. The minimum atomic E-state index is 0.0384. The van der Waals surface area contributed by atoms with Crippen LogP contribution in [0.2, 0.25) is 0 Å². The summed E-state index contributed by atoms with van der Waals surface area (Å²) in [4.78, 5) is 19.2. The summed E-state index contributed by atoms with van der Waals surface area (Å²) in [5.41, 5.74) is 3.03. The first-order valence-electron chi connectivity index (χ1n) is 11.0. The maximum Gasteiger partial charge on any atom is 0.251 e. The Morgan fingerprint density at radius 1 is 1.00 bits per heavy atom. The fraction of sp³-hybridized carbons (Fsp3) is 0.417. The van der Waals surface area contributed by atoms with Gasteiger partial charge < -0.3 is 24.3 Å². The number of rotatable bonds is 6. The van der Waals surface area contributed by atoms with E-state index in [0.29, 0.717) is 25.8 Å². The molecule has 3 aromatic rings. The Labute approximate surface area is 181 Å². The molecule has 0 amide bonds. The van der Waals surface area contributed by atoms with Gasteiger partial charge in [0.1, 0.15) is 13.2 Å². The molecule has 1 aromatic carbocycles. The van der Waals surface area contributed by atoms with Gasteiger partial charge in [-0.1, -0.05) is 6.07 Å². The highest BCUT2D eigenvalue weighted by atomic mass is 16.6. The van der Waals surface area contributed by atoms with Crippen LogP contribution in [0.5, 0.6) is 11.5 Å². The highest BCUT2D eigenvalue weighted by Crippen LogP contribution is 2.30. The third-order valence-electron chi connectivity index (χ3n) is 6.19. The molecule has 31 heavy (non-hydrogen) atoms. The Bertz CT molecular complexity index is 1110. The average Bonchev–Trinajstić information content (AvgIpc) is 2.82. The number of aromatic nitrogens is 2. The molecule has 1 saturated heterocycles. The molecule has 1 N–H and O–H groups in total. The first-order valence-corrected chi connectivity index (χ1v) is 11.0. The number of hydrogen-bond donors (Lipinski definition) is 1. The Morgan fingerprint density at radius 3 is 2.71 bits per heavy atom. The van der Waals surface area contributed by atoms with Crippen molar-refractivity contribution in [2.45, 2.75) is 32.0 Å². The van der Waals surface area contributed by atoms with E-state index in [1.807, 2.05) is 22.8 Å². The SMILES string of the molecule is O=c1ccc2ncccc2n1CCN1CCC(NCc2ccc3c(c2)OCCO3)CC1. The lowest BCUT2D eigenvalue weighted by molar-refractivity contribution is 0.171. The third-order valence-corrected chi connectivity index (χ3v) is 6.19. The van der Waals surface area contributed by atoms with Crippen molar-refractivity contribution in [3.05, 3.63) is 64.6 Å². The molecular formula is C24H28N4O3. The zero-order chi connectivity index (χ0) is 21.0. The van der Waals surface area contributed by atoms with Gasteiger partial charge in [-0.05, 0) is 61.8 Å². The molecule has 0 atom stereocenters. The summed E-state index contributed by atoms with van der Waals surface area (Å²) in [5.74, 6) is 1.68. The normalized spacial score (nSPS) is 17.2. The Morgan fingerprint density at radius 2 is 1.84 bits per heavy atom. The standard InChI is InChI=1S/C24H28N4O3/c29-24-6-4-20-21(2-1-9-25-20)28(24)13-12-27-10-7-19(8-11-27)26-17-18-3-5-22-23(16-18)31-15-14-30-22/h1-6,9,16,19,26H,7-8,10-15,17H2. The first-order chi connectivity index (χ1) is 15.3. The van der Waals surface area contributed by atoms with E-state index in [-0.39, 0.29) is 5.56 Å². The van der Waals surface area contributed by atoms with Crippen LogP contribution in [0.15, 0.2) is 53.5 Å². The quantitative estimate of drug-likeness (QED) is 0.661. The van der Waals surface area contributed by atoms with Crippen LogP contribution in [-0.2, 0) is 13.1 Å². The Balaban J connectivity index is 1.11. The van der Waals surface area contributed by atoms with E-state index in [9.17, 15) is 4.79 Å². The highest BCUT2D eigenvalue weighted by Gasteiger charge is 2.19. The fourth-order valence-electron chi connectivity index (χ4n) is 4.42. The van der Waals surface area contributed by atoms with Crippen molar-refractivity contribution in [3.63, 3.8) is 0 Å². The highest BCUT2D eigenvalue weighted by molar-refractivity contribution is 5.73. The summed E-state index contributed by atoms with van der Waals surface area (Å²) in [5, 5.41) is 3.69. The van der Waals surface area contributed by atoms with Crippen molar-refractivity contribution >= 4 is 11.0 Å². The average molecular weight is 421 g/mol. The third kappa shape index (κ3) is 4.57. The second-order valence-electron chi connectivity index (χ2n) is 8.21. The van der Waals surface area contributed by atoms with Crippen LogP contribution in [0.1, 0.15) is 18.4 Å². The van der Waals surface area contributed by atoms with Gasteiger partial charge >= 0.3 is 0 Å². The van der Waals surface area contributed by atoms with Crippen LogP contribution < -0.4 is 20.3 Å². The zero-order valence-electron chi connectivity index (χ0n) is 17.6. The van der Waals surface area contributed by atoms with Crippen molar-refractivity contribution < 1.29 is 9.47 Å². The topological polar surface area (TPSA) is 68.6 Å². The molecule has 7 nitrogen and oxygen atoms in total. The molecule has 1 fully saturated rings. The van der Waals surface area contributed by atoms with Gasteiger partial charge in [-0.25, -0.2) is 0 Å². The molecule has 2 aromatic heterocycles. The second kappa shape index (κ2) is 9.08. The molecule has 0 unspecified atom stereocenters. The van der Waals surface area contributed by atoms with E-state index in [1.165, 1.54) is 5.56 Å². The lowest BCUT2D eigenvalue weighted by Gasteiger charge is -2.32. The molecule has 0 aliphatic carbocycles. The summed E-state index contributed by atoms with van der Waals surface area (Å²) in [6, 6.07) is 14.0. The maximum absolute atomic E-state index is 12.4. The molecule has 2 aliphatic heterocycles. The zero-order valence-corrected chi connectivity index (χ0v) is 17.6. The minimum Gasteiger partial charge on any atom is -0.486 e. The summed E-state index contributed by atoms with van der Waals surface area (Å²) in [7, 11) is 0. The molecule has 0 bridgehead atoms. The number of nitrogens with zero attached hydrogens (tertiary/aromatic N) is 3. The maximum atomic E-state index is 12.4. The van der Waals surface area contributed by atoms with Crippen LogP contribution in [0.25, 0.3) is 11.0 Å². The van der Waals surface area contributed by atoms with Crippen molar-refractivity contribution in [1.82, 2.24) is 19.8 Å². The predicted octanol–water partition coefficient (Wildman–Crippen LogP) is 2.42. The monoisotopic (exact) mass is 420 g/mol. The van der Waals surface area contributed by atoms with Crippen LogP contribution in [-0.4, -0.2) is 53.3 Å². The lowest BCUT2D eigenvalue weighted by Crippen LogP contribution is -2.43. The van der Waals surface area contributed by atoms with Crippen molar-refractivity contribution in [1.29, 1.82) is 0 Å². The van der Waals surface area contributed by atoms with E-state index in [1.54, 1.807) is 18.3 Å². The summed E-state index contributed by atoms with van der Waals surface area (Å²) in [6.45, 7) is 5.71. The number of piperidine rings is 1. The number of hydrogen-bond acceptors (Lipinski definition) is 6. The fourth-order valence-corrected chi connectivity index (χ4v) is 4.42. The molecular weight excluding hydrogens is 392 g/mol. The smallest absolute Gasteiger partial charge is 0.251 e. The molecule has 2 aliphatic rings. The van der Waals surface area contributed by atoms with Crippen molar-refractivity contribution in [3.8, 4) is 11.5 Å². The number of fused-ring (bicyclic) bond motifs is 2. The van der Waals surface area contributed by atoms with E-state index < -0.39 is 0 Å². The molecule has 4 heterocycles. The Kier molecular flexibility index (Phi) is 5.86. The molecule has 5 rings (SSSR count). The van der Waals surface area contributed by atoms with Gasteiger partial charge in [-0.15, -0.1) is 0 Å². The van der Waals surface area contributed by atoms with Gasteiger partial charge in [0.05, 0.1) is 11.0 Å². The van der Waals surface area contributed by atoms with Gasteiger partial charge in [-0.3, -0.25) is 9.78 Å². The summed E-state index contributed by atoms with van der Waals surface area (Å²) < 4.78 is 13.1. The number of benzene rings is 1. The van der Waals surface area contributed by atoms with E-state index in [0.717, 1.165) is 61.6 Å². The molecule has 162 valence electrons. The summed E-state index contributed by atoms with van der Waals surface area (Å²) in [6.07, 6.45) is 3.98. The van der Waals surface area contributed by atoms with Crippen LogP contribution in [0.4, 0.5) is 0 Å². The minimum absolute atomic E-state index is 0.0384. The van der Waals surface area contributed by atoms with Crippen molar-refractivity contribution in [2.24, 2.45) is 0 Å². The van der Waals surface area contributed by atoms with Crippen LogP contribution >= 0.6 is 0 Å². The predicted molar refractivity (Wildman–Crippen MR) is 120 cm³/mol. The second-order valence-corrected chi connectivity index (χ2v) is 8.21. The van der Waals surface area contributed by atoms with E-state index >= 15 is 0 Å². The van der Waals surface area contributed by atoms with Crippen LogP contribution in [0, 0.1) is 0 Å². The van der Waals surface area contributed by atoms with E-state index in [2.05, 4.69) is 27.3 Å². The van der Waals surface area contributed by atoms with Gasteiger partial charge in [0.2, 0.25) is 0 Å². The summed E-state index contributed by atoms with van der Waals surface area (Å²) >= 11 is 0. The molecule has 0 spiro atoms. The van der Waals surface area contributed by atoms with Crippen molar-refractivity contribution in [2.75, 3.05) is 32.8 Å². The van der Waals surface area contributed by atoms with Crippen LogP contribution in [0.3, 0.4) is 0 Å². The molecule has 7 heteroatoms. The first kappa shape index (κ1) is 20.0. The molecule has 0 radical (unpaired) electrons. The number of nitrogens with one attached hydrogen (secondary N) is 1. The van der Waals surface area contributed by atoms with E-state index in [4.69, 9.17) is 9.47 Å². The molecule has 0 saturated carbocycles. The van der Waals surface area contributed by atoms with Gasteiger partial charge in [0.25, 0.3) is 5.56 Å². The van der Waals surface area contributed by atoms with Gasteiger partial charge in [-0.2, -0.15) is 0 Å². The van der Waals surface area contributed by atoms with Gasteiger partial charge in [0, 0.05) is 37.9 Å². The number of pyridine rings is 2. The largest absolute Gasteiger partial charge is 0.486 e. The number of ether oxygens (including phenoxy) is 2. The van der Waals surface area contributed by atoms with Gasteiger partial charge in [0.15, 0.2) is 11.5 Å². The lowest BCUT2D eigenvalue weighted by atomic mass is 10.0.